The molecular formula is C16H18O. The second-order valence-corrected chi connectivity index (χ2v) is 4.84. The Bertz CT molecular complexity index is 466. The lowest BCUT2D eigenvalue weighted by molar-refractivity contribution is 0.475. The molecule has 0 aliphatic heterocycles. The molecule has 0 radical (unpaired) electrons. The van der Waals surface area contributed by atoms with Crippen LogP contribution in [0.4, 0.5) is 0 Å². The summed E-state index contributed by atoms with van der Waals surface area (Å²) in [6.45, 7) is 4.46. The number of hydrogen-bond donors (Lipinski definition) is 1. The average molecular weight is 226 g/mol. The van der Waals surface area contributed by atoms with Crippen molar-refractivity contribution in [2.45, 2.75) is 20.3 Å². The first kappa shape index (κ1) is 11.7. The van der Waals surface area contributed by atoms with Crippen LogP contribution < -0.4 is 0 Å². The van der Waals surface area contributed by atoms with Gasteiger partial charge in [0.25, 0.3) is 0 Å². The van der Waals surface area contributed by atoms with Crippen LogP contribution in [0.25, 0.3) is 11.1 Å². The van der Waals surface area contributed by atoms with E-state index in [2.05, 4.69) is 38.1 Å². The summed E-state index contributed by atoms with van der Waals surface area (Å²) in [5.74, 6) is 1.000. The Labute approximate surface area is 103 Å². The van der Waals surface area contributed by atoms with Gasteiger partial charge in [0, 0.05) is 0 Å². The van der Waals surface area contributed by atoms with Crippen molar-refractivity contribution in [1.29, 1.82) is 0 Å². The molecule has 0 aliphatic rings. The summed E-state index contributed by atoms with van der Waals surface area (Å²) in [6.07, 6.45) is 1.12. The van der Waals surface area contributed by atoms with E-state index in [0.717, 1.165) is 12.0 Å². The van der Waals surface area contributed by atoms with Gasteiger partial charge in [0.2, 0.25) is 0 Å². The van der Waals surface area contributed by atoms with Crippen LogP contribution in [0.5, 0.6) is 5.75 Å². The molecule has 0 atom stereocenters. The Morgan fingerprint density at radius 3 is 1.76 bits per heavy atom. The minimum atomic E-state index is 0.310. The molecule has 2 aromatic rings. The molecular weight excluding hydrogens is 208 g/mol. The monoisotopic (exact) mass is 226 g/mol. The van der Waals surface area contributed by atoms with Crippen molar-refractivity contribution in [3.05, 3.63) is 54.1 Å². The fraction of sp³-hybridized carbons (Fsp3) is 0.250. The highest BCUT2D eigenvalue weighted by Crippen LogP contribution is 2.22. The van der Waals surface area contributed by atoms with Crippen LogP contribution in [0.15, 0.2) is 48.5 Å². The highest BCUT2D eigenvalue weighted by Gasteiger charge is 2.00. The van der Waals surface area contributed by atoms with Crippen molar-refractivity contribution in [3.63, 3.8) is 0 Å². The molecule has 0 fully saturated rings. The second-order valence-electron chi connectivity index (χ2n) is 4.84. The summed E-state index contributed by atoms with van der Waals surface area (Å²) >= 11 is 0. The molecule has 0 saturated carbocycles. The van der Waals surface area contributed by atoms with Crippen molar-refractivity contribution in [2.75, 3.05) is 0 Å². The molecule has 1 N–H and O–H groups in total. The summed E-state index contributed by atoms with van der Waals surface area (Å²) in [4.78, 5) is 0. The zero-order chi connectivity index (χ0) is 12.3. The third-order valence-electron chi connectivity index (χ3n) is 2.80. The predicted molar refractivity (Wildman–Crippen MR) is 72.1 cm³/mol. The van der Waals surface area contributed by atoms with Crippen LogP contribution >= 0.6 is 0 Å². The van der Waals surface area contributed by atoms with E-state index in [1.165, 1.54) is 11.1 Å². The Morgan fingerprint density at radius 1 is 0.824 bits per heavy atom. The molecule has 2 aromatic carbocycles. The first-order valence-corrected chi connectivity index (χ1v) is 6.03. The normalized spacial score (nSPS) is 10.8. The molecule has 2 rings (SSSR count). The Hall–Kier alpha value is -1.76. The molecule has 0 heterocycles. The van der Waals surface area contributed by atoms with E-state index in [1.807, 2.05) is 12.1 Å². The maximum absolute atomic E-state index is 9.25. The van der Waals surface area contributed by atoms with Gasteiger partial charge in [-0.05, 0) is 41.2 Å². The van der Waals surface area contributed by atoms with Crippen LogP contribution in [-0.4, -0.2) is 5.11 Å². The summed E-state index contributed by atoms with van der Waals surface area (Å²) in [5, 5.41) is 9.25. The van der Waals surface area contributed by atoms with Crippen molar-refractivity contribution in [3.8, 4) is 16.9 Å². The van der Waals surface area contributed by atoms with Crippen molar-refractivity contribution in [2.24, 2.45) is 5.92 Å². The molecule has 0 saturated heterocycles. The smallest absolute Gasteiger partial charge is 0.115 e. The van der Waals surface area contributed by atoms with E-state index in [4.69, 9.17) is 0 Å². The SMILES string of the molecule is CC(C)Cc1ccc(-c2ccc(O)cc2)cc1. The van der Waals surface area contributed by atoms with Crippen LogP contribution in [0.3, 0.4) is 0 Å². The van der Waals surface area contributed by atoms with Gasteiger partial charge in [-0.3, -0.25) is 0 Å². The summed E-state index contributed by atoms with van der Waals surface area (Å²) in [6, 6.07) is 16.0. The maximum atomic E-state index is 9.25. The molecule has 0 spiro atoms. The van der Waals surface area contributed by atoms with Gasteiger partial charge in [-0.25, -0.2) is 0 Å². The van der Waals surface area contributed by atoms with E-state index < -0.39 is 0 Å². The maximum Gasteiger partial charge on any atom is 0.115 e. The highest BCUT2D eigenvalue weighted by atomic mass is 16.3. The zero-order valence-electron chi connectivity index (χ0n) is 10.4. The molecule has 0 aromatic heterocycles. The van der Waals surface area contributed by atoms with Crippen LogP contribution in [0.1, 0.15) is 19.4 Å². The highest BCUT2D eigenvalue weighted by molar-refractivity contribution is 5.64. The number of benzene rings is 2. The number of rotatable bonds is 3. The van der Waals surface area contributed by atoms with Crippen molar-refractivity contribution < 1.29 is 5.11 Å². The number of phenols is 1. The fourth-order valence-corrected chi connectivity index (χ4v) is 1.96. The molecule has 88 valence electrons. The number of phenolic OH excluding ortho intramolecular Hbond substituents is 1. The topological polar surface area (TPSA) is 20.2 Å². The van der Waals surface area contributed by atoms with Crippen molar-refractivity contribution in [1.82, 2.24) is 0 Å². The lowest BCUT2D eigenvalue weighted by Crippen LogP contribution is -1.93. The third kappa shape index (κ3) is 3.10. The standard InChI is InChI=1S/C16H18O/c1-12(2)11-13-3-5-14(6-4-13)15-7-9-16(17)10-8-15/h3-10,12,17H,11H2,1-2H3. The third-order valence-corrected chi connectivity index (χ3v) is 2.80. The zero-order valence-corrected chi connectivity index (χ0v) is 10.4. The lowest BCUT2D eigenvalue weighted by Gasteiger charge is -2.06. The molecule has 0 aliphatic carbocycles. The minimum Gasteiger partial charge on any atom is -0.508 e. The Morgan fingerprint density at radius 2 is 1.29 bits per heavy atom. The summed E-state index contributed by atoms with van der Waals surface area (Å²) in [7, 11) is 0. The molecule has 1 nitrogen and oxygen atoms in total. The number of aromatic hydroxyl groups is 1. The summed E-state index contributed by atoms with van der Waals surface area (Å²) in [5.41, 5.74) is 3.71. The Balaban J connectivity index is 2.20. The van der Waals surface area contributed by atoms with Gasteiger partial charge in [-0.15, -0.1) is 0 Å². The lowest BCUT2D eigenvalue weighted by atomic mass is 9.99. The van der Waals surface area contributed by atoms with Crippen molar-refractivity contribution >= 4 is 0 Å². The van der Waals surface area contributed by atoms with Gasteiger partial charge >= 0.3 is 0 Å². The summed E-state index contributed by atoms with van der Waals surface area (Å²) < 4.78 is 0. The van der Waals surface area contributed by atoms with Gasteiger partial charge in [0.05, 0.1) is 0 Å². The van der Waals surface area contributed by atoms with E-state index in [-0.39, 0.29) is 0 Å². The molecule has 0 unspecified atom stereocenters. The minimum absolute atomic E-state index is 0.310. The van der Waals surface area contributed by atoms with Crippen LogP contribution in [0, 0.1) is 5.92 Å². The second kappa shape index (κ2) is 5.05. The first-order chi connectivity index (χ1) is 8.15. The predicted octanol–water partition coefficient (Wildman–Crippen LogP) is 4.26. The van der Waals surface area contributed by atoms with Gasteiger partial charge < -0.3 is 5.11 Å². The van der Waals surface area contributed by atoms with Gasteiger partial charge in [-0.2, -0.15) is 0 Å². The molecule has 0 amide bonds. The number of hydrogen-bond acceptors (Lipinski definition) is 1. The molecule has 0 bridgehead atoms. The molecule has 1 heteroatoms. The quantitative estimate of drug-likeness (QED) is 0.829. The fourth-order valence-electron chi connectivity index (χ4n) is 1.96. The van der Waals surface area contributed by atoms with Gasteiger partial charge in [-0.1, -0.05) is 50.2 Å². The average Bonchev–Trinajstić information content (AvgIpc) is 2.30. The Kier molecular flexibility index (Phi) is 3.48. The van der Waals surface area contributed by atoms with Crippen LogP contribution in [-0.2, 0) is 6.42 Å². The van der Waals surface area contributed by atoms with E-state index in [1.54, 1.807) is 12.1 Å². The van der Waals surface area contributed by atoms with E-state index in [0.29, 0.717) is 11.7 Å². The van der Waals surface area contributed by atoms with Crippen LogP contribution in [0.2, 0.25) is 0 Å². The van der Waals surface area contributed by atoms with E-state index in [9.17, 15) is 5.11 Å². The van der Waals surface area contributed by atoms with Gasteiger partial charge in [0.15, 0.2) is 0 Å². The van der Waals surface area contributed by atoms with Gasteiger partial charge in [0.1, 0.15) is 5.75 Å². The van der Waals surface area contributed by atoms with E-state index >= 15 is 0 Å². The molecule has 17 heavy (non-hydrogen) atoms. The first-order valence-electron chi connectivity index (χ1n) is 6.03. The largest absolute Gasteiger partial charge is 0.508 e.